The van der Waals surface area contributed by atoms with Crippen molar-refractivity contribution in [3.8, 4) is 0 Å². The molecule has 7 N–H and O–H groups in total. The second kappa shape index (κ2) is 21.3. The SMILES string of the molecule is CCC(=O)CN(CCN(CCN(CC(=O)CC(Cc1cn(C)cn1)C(N)=O)CC(=O)NC)CC(=O)O)CC(=O)NC(Cc1cn(C)cn1)C(N)=O. The smallest absolute Gasteiger partial charge is 0.317 e. The minimum atomic E-state index is -1.13. The second-order valence-corrected chi connectivity index (χ2v) is 12.5. The zero-order chi connectivity index (χ0) is 38.1. The van der Waals surface area contributed by atoms with E-state index in [2.05, 4.69) is 20.6 Å². The molecule has 2 heterocycles. The number of carbonyl (C=O) groups is 7. The van der Waals surface area contributed by atoms with Gasteiger partial charge >= 0.3 is 5.97 Å². The fourth-order valence-corrected chi connectivity index (χ4v) is 5.23. The fourth-order valence-electron chi connectivity index (χ4n) is 5.23. The normalized spacial score (nSPS) is 12.5. The molecule has 0 aromatic carbocycles. The predicted molar refractivity (Wildman–Crippen MR) is 184 cm³/mol. The summed E-state index contributed by atoms with van der Waals surface area (Å²) in [5.74, 6) is -4.77. The van der Waals surface area contributed by atoms with Crippen LogP contribution >= 0.6 is 0 Å². The fraction of sp³-hybridized carbons (Fsp3) is 0.594. The molecule has 2 atom stereocenters. The standard InChI is InChI=1S/C32H51N11O8/c1-5-25(44)15-42(18-29(47)38-27(32(34)51)12-24-14-40(4)21-37-24)8-6-41(19-30(48)49)7-9-43(17-28(46)35-2)16-26(45)11-22(31(33)50)10-23-13-39(3)20-36-23/h13-14,20-22,27H,5-12,15-19H2,1-4H3,(H2,33,50)(H2,34,51)(H,35,46)(H,38,47)(H,48,49). The third kappa shape index (κ3) is 16.5. The number of aryl methyl sites for hydroxylation is 2. The molecule has 0 saturated carbocycles. The number of nitrogens with one attached hydrogen (secondary N) is 2. The van der Waals surface area contributed by atoms with E-state index in [1.807, 2.05) is 0 Å². The summed E-state index contributed by atoms with van der Waals surface area (Å²) in [6, 6.07) is -1.04. The largest absolute Gasteiger partial charge is 0.480 e. The highest BCUT2D eigenvalue weighted by Crippen LogP contribution is 2.12. The maximum atomic E-state index is 13.1. The molecule has 19 nitrogen and oxygen atoms in total. The zero-order valence-electron chi connectivity index (χ0n) is 29.7. The molecule has 2 unspecified atom stereocenters. The number of ketones is 2. The zero-order valence-corrected chi connectivity index (χ0v) is 29.7. The second-order valence-electron chi connectivity index (χ2n) is 12.5. The van der Waals surface area contributed by atoms with Gasteiger partial charge < -0.3 is 36.3 Å². The van der Waals surface area contributed by atoms with Crippen molar-refractivity contribution >= 4 is 41.2 Å². The summed E-state index contributed by atoms with van der Waals surface area (Å²) in [4.78, 5) is 99.8. The van der Waals surface area contributed by atoms with Crippen molar-refractivity contribution in [2.24, 2.45) is 31.5 Å². The Hall–Kier alpha value is -5.01. The van der Waals surface area contributed by atoms with Crippen LogP contribution in [0, 0.1) is 5.92 Å². The predicted octanol–water partition coefficient (Wildman–Crippen LogP) is -3.31. The van der Waals surface area contributed by atoms with Crippen LogP contribution in [0.5, 0.6) is 0 Å². The summed E-state index contributed by atoms with van der Waals surface area (Å²) < 4.78 is 3.40. The van der Waals surface area contributed by atoms with Crippen LogP contribution in [-0.4, -0.2) is 152 Å². The van der Waals surface area contributed by atoms with E-state index in [-0.39, 0.29) is 95.5 Å². The van der Waals surface area contributed by atoms with Crippen molar-refractivity contribution in [2.45, 2.75) is 38.6 Å². The van der Waals surface area contributed by atoms with Crippen molar-refractivity contribution in [3.63, 3.8) is 0 Å². The lowest BCUT2D eigenvalue weighted by molar-refractivity contribution is -0.139. The van der Waals surface area contributed by atoms with Crippen molar-refractivity contribution in [3.05, 3.63) is 36.4 Å². The number of amides is 4. The number of carboxylic acids is 1. The highest BCUT2D eigenvalue weighted by molar-refractivity contribution is 5.88. The van der Waals surface area contributed by atoms with Gasteiger partial charge in [0.1, 0.15) is 17.6 Å². The van der Waals surface area contributed by atoms with E-state index in [9.17, 15) is 38.7 Å². The first kappa shape index (κ1) is 42.2. The number of likely N-dealkylation sites (N-methyl/N-ethyl adjacent to an activating group) is 1. The molecule has 4 amide bonds. The van der Waals surface area contributed by atoms with Gasteiger partial charge in [0.05, 0.1) is 62.7 Å². The summed E-state index contributed by atoms with van der Waals surface area (Å²) >= 11 is 0. The molecule has 2 rings (SSSR count). The number of nitrogens with two attached hydrogens (primary N) is 2. The molecule has 0 saturated heterocycles. The van der Waals surface area contributed by atoms with Crippen molar-refractivity contribution < 1.29 is 38.7 Å². The maximum absolute atomic E-state index is 13.1. The van der Waals surface area contributed by atoms with Crippen LogP contribution in [0.2, 0.25) is 0 Å². The van der Waals surface area contributed by atoms with E-state index in [1.165, 1.54) is 7.05 Å². The Morgan fingerprint density at radius 1 is 0.745 bits per heavy atom. The minimum Gasteiger partial charge on any atom is -0.480 e. The number of aromatic nitrogens is 4. The molecule has 51 heavy (non-hydrogen) atoms. The molecule has 0 fully saturated rings. The minimum absolute atomic E-state index is 0.0741. The van der Waals surface area contributed by atoms with E-state index < -0.39 is 42.2 Å². The Morgan fingerprint density at radius 2 is 1.25 bits per heavy atom. The molecular weight excluding hydrogens is 666 g/mol. The average molecular weight is 718 g/mol. The number of rotatable bonds is 26. The molecule has 0 bridgehead atoms. The number of aliphatic carboxylic acids is 1. The molecule has 2 aromatic rings. The molecule has 0 spiro atoms. The van der Waals surface area contributed by atoms with Gasteiger partial charge in [-0.3, -0.25) is 48.3 Å². The van der Waals surface area contributed by atoms with Gasteiger partial charge in [-0.15, -0.1) is 0 Å². The van der Waals surface area contributed by atoms with Gasteiger partial charge in [0.25, 0.3) is 0 Å². The third-order valence-electron chi connectivity index (χ3n) is 7.97. The van der Waals surface area contributed by atoms with E-state index in [1.54, 1.807) is 69.9 Å². The van der Waals surface area contributed by atoms with Crippen molar-refractivity contribution in [1.82, 2.24) is 44.4 Å². The molecule has 282 valence electrons. The molecule has 0 aliphatic carbocycles. The van der Waals surface area contributed by atoms with Crippen molar-refractivity contribution in [1.29, 1.82) is 0 Å². The van der Waals surface area contributed by atoms with Crippen LogP contribution in [0.1, 0.15) is 31.2 Å². The maximum Gasteiger partial charge on any atom is 0.317 e. The van der Waals surface area contributed by atoms with Crippen LogP contribution in [0.4, 0.5) is 0 Å². The van der Waals surface area contributed by atoms with Crippen LogP contribution in [0.25, 0.3) is 0 Å². The lowest BCUT2D eigenvalue weighted by Gasteiger charge is -2.29. The van der Waals surface area contributed by atoms with Gasteiger partial charge in [0, 0.05) is 85.4 Å². The van der Waals surface area contributed by atoms with E-state index in [0.717, 1.165) is 0 Å². The Bertz CT molecular complexity index is 1400. The van der Waals surface area contributed by atoms with Gasteiger partial charge in [-0.05, 0) is 0 Å². The topological polar surface area (TPSA) is 261 Å². The Kier molecular flexibility index (Phi) is 17.6. The Balaban J connectivity index is 2.09. The quantitative estimate of drug-likeness (QED) is 0.0639. The Labute approximate surface area is 296 Å². The number of carboxylic acid groups (broad SMARTS) is 1. The molecular formula is C32H51N11O8. The van der Waals surface area contributed by atoms with Gasteiger partial charge in [0.2, 0.25) is 23.6 Å². The third-order valence-corrected chi connectivity index (χ3v) is 7.97. The monoisotopic (exact) mass is 717 g/mol. The lowest BCUT2D eigenvalue weighted by atomic mass is 9.96. The first-order valence-electron chi connectivity index (χ1n) is 16.5. The number of primary amides is 2. The molecule has 19 heteroatoms. The highest BCUT2D eigenvalue weighted by atomic mass is 16.4. The molecule has 2 aromatic heterocycles. The van der Waals surface area contributed by atoms with Gasteiger partial charge in [-0.1, -0.05) is 6.92 Å². The van der Waals surface area contributed by atoms with Gasteiger partial charge in [-0.25, -0.2) is 9.97 Å². The van der Waals surface area contributed by atoms with Gasteiger partial charge in [0.15, 0.2) is 0 Å². The van der Waals surface area contributed by atoms with E-state index in [0.29, 0.717) is 11.4 Å². The first-order valence-corrected chi connectivity index (χ1v) is 16.5. The summed E-state index contributed by atoms with van der Waals surface area (Å²) in [5.41, 5.74) is 12.2. The van der Waals surface area contributed by atoms with E-state index >= 15 is 0 Å². The summed E-state index contributed by atoms with van der Waals surface area (Å²) in [6.45, 7) is 0.993. The number of hydrogen-bond acceptors (Lipinski definition) is 12. The summed E-state index contributed by atoms with van der Waals surface area (Å²) in [7, 11) is 4.98. The first-order chi connectivity index (χ1) is 24.1. The number of nitrogens with zero attached hydrogens (tertiary/aromatic N) is 7. The number of imidazole rings is 2. The van der Waals surface area contributed by atoms with Crippen LogP contribution in [-0.2, 0) is 60.5 Å². The van der Waals surface area contributed by atoms with E-state index in [4.69, 9.17) is 11.5 Å². The number of hydrogen-bond donors (Lipinski definition) is 5. The molecule has 0 radical (unpaired) electrons. The molecule has 0 aliphatic rings. The average Bonchev–Trinajstić information content (AvgIpc) is 3.67. The number of Topliss-reactive ketones (excluding diaryl/α,β-unsaturated/α-hetero) is 2. The summed E-state index contributed by atoms with van der Waals surface area (Å²) in [5, 5.41) is 14.7. The van der Waals surface area contributed by atoms with Crippen molar-refractivity contribution in [2.75, 3.05) is 66.0 Å². The van der Waals surface area contributed by atoms with Crippen LogP contribution < -0.4 is 22.1 Å². The lowest BCUT2D eigenvalue weighted by Crippen LogP contribution is -2.51. The highest BCUT2D eigenvalue weighted by Gasteiger charge is 2.25. The van der Waals surface area contributed by atoms with Crippen LogP contribution in [0.3, 0.4) is 0 Å². The Morgan fingerprint density at radius 3 is 1.71 bits per heavy atom. The van der Waals surface area contributed by atoms with Gasteiger partial charge in [-0.2, -0.15) is 0 Å². The number of carbonyl (C=O) groups excluding carboxylic acids is 6. The van der Waals surface area contributed by atoms with Crippen LogP contribution in [0.15, 0.2) is 25.0 Å². The molecule has 0 aliphatic heterocycles. The summed E-state index contributed by atoms with van der Waals surface area (Å²) in [6.07, 6.45) is 6.83.